The molecule has 3 rings (SSSR count). The number of nitrogen functional groups attached to an aromatic ring is 1. The summed E-state index contributed by atoms with van der Waals surface area (Å²) in [6.07, 6.45) is 6.54. The third-order valence-electron chi connectivity index (χ3n) is 3.84. The Labute approximate surface area is 102 Å². The van der Waals surface area contributed by atoms with Crippen molar-refractivity contribution in [2.45, 2.75) is 38.0 Å². The van der Waals surface area contributed by atoms with Gasteiger partial charge in [-0.05, 0) is 31.6 Å². The lowest BCUT2D eigenvalue weighted by Crippen LogP contribution is -2.30. The summed E-state index contributed by atoms with van der Waals surface area (Å²) in [5, 5.41) is 0. The number of nitrogens with two attached hydrogens (primary N) is 1. The van der Waals surface area contributed by atoms with Crippen LogP contribution >= 0.6 is 0 Å². The summed E-state index contributed by atoms with van der Waals surface area (Å²) in [4.78, 5) is 11.2. The van der Waals surface area contributed by atoms with E-state index in [0.717, 1.165) is 24.1 Å². The van der Waals surface area contributed by atoms with Crippen molar-refractivity contribution < 1.29 is 0 Å². The van der Waals surface area contributed by atoms with Gasteiger partial charge in [-0.1, -0.05) is 6.42 Å². The summed E-state index contributed by atoms with van der Waals surface area (Å²) >= 11 is 0. The van der Waals surface area contributed by atoms with E-state index in [2.05, 4.69) is 21.9 Å². The summed E-state index contributed by atoms with van der Waals surface area (Å²) in [6, 6.07) is 1.89. The smallest absolute Gasteiger partial charge is 0.136 e. The lowest BCUT2D eigenvalue weighted by molar-refractivity contribution is 0.321. The van der Waals surface area contributed by atoms with Crippen molar-refractivity contribution in [3.63, 3.8) is 0 Å². The van der Waals surface area contributed by atoms with Crippen LogP contribution in [0.2, 0.25) is 0 Å². The van der Waals surface area contributed by atoms with Crippen LogP contribution in [0.25, 0.3) is 0 Å². The quantitative estimate of drug-likeness (QED) is 0.864. The Balaban J connectivity index is 1.75. The first-order valence-corrected chi connectivity index (χ1v) is 6.58. The molecule has 0 radical (unpaired) electrons. The molecule has 4 nitrogen and oxygen atoms in total. The number of hydrogen-bond acceptors (Lipinski definition) is 4. The molecule has 2 aliphatic rings. The first kappa shape index (κ1) is 10.8. The van der Waals surface area contributed by atoms with E-state index < -0.39 is 0 Å². The normalized spacial score (nSPS) is 20.1. The van der Waals surface area contributed by atoms with E-state index in [1.807, 2.05) is 6.07 Å². The Hall–Kier alpha value is -1.32. The molecule has 0 amide bonds. The van der Waals surface area contributed by atoms with Gasteiger partial charge >= 0.3 is 0 Å². The van der Waals surface area contributed by atoms with Gasteiger partial charge in [0.05, 0.1) is 0 Å². The average molecular weight is 232 g/mol. The lowest BCUT2D eigenvalue weighted by Gasteiger charge is -2.30. The maximum absolute atomic E-state index is 5.86. The highest BCUT2D eigenvalue weighted by molar-refractivity contribution is 5.47. The largest absolute Gasteiger partial charge is 0.384 e. The Morgan fingerprint density at radius 1 is 1.29 bits per heavy atom. The fourth-order valence-corrected chi connectivity index (χ4v) is 2.35. The van der Waals surface area contributed by atoms with E-state index in [4.69, 9.17) is 5.73 Å². The van der Waals surface area contributed by atoms with Crippen LogP contribution in [-0.4, -0.2) is 23.6 Å². The molecule has 92 valence electrons. The van der Waals surface area contributed by atoms with Crippen LogP contribution in [0.4, 0.5) is 11.6 Å². The maximum atomic E-state index is 5.86. The first-order chi connectivity index (χ1) is 8.22. The fraction of sp³-hybridized carbons (Fsp3) is 0.692. The third kappa shape index (κ3) is 2.35. The minimum Gasteiger partial charge on any atom is -0.384 e. The van der Waals surface area contributed by atoms with Crippen molar-refractivity contribution in [3.8, 4) is 0 Å². The maximum Gasteiger partial charge on any atom is 0.136 e. The van der Waals surface area contributed by atoms with Crippen molar-refractivity contribution in [1.82, 2.24) is 9.97 Å². The van der Waals surface area contributed by atoms with Crippen LogP contribution in [0.1, 0.15) is 43.8 Å². The van der Waals surface area contributed by atoms with Gasteiger partial charge in [0, 0.05) is 25.6 Å². The highest BCUT2D eigenvalue weighted by Crippen LogP contribution is 2.39. The predicted octanol–water partition coefficient (Wildman–Crippen LogP) is 2.17. The van der Waals surface area contributed by atoms with Gasteiger partial charge in [-0.3, -0.25) is 0 Å². The van der Waals surface area contributed by atoms with Crippen LogP contribution in [0, 0.1) is 5.92 Å². The van der Waals surface area contributed by atoms with Crippen LogP contribution in [0.3, 0.4) is 0 Å². The number of rotatable bonds is 4. The number of anilines is 2. The monoisotopic (exact) mass is 232 g/mol. The highest BCUT2D eigenvalue weighted by atomic mass is 15.2. The summed E-state index contributed by atoms with van der Waals surface area (Å²) in [5.41, 5.74) is 5.86. The van der Waals surface area contributed by atoms with E-state index in [1.165, 1.54) is 32.1 Å². The molecule has 4 heteroatoms. The van der Waals surface area contributed by atoms with Crippen molar-refractivity contribution >= 4 is 11.6 Å². The molecule has 1 aromatic heterocycles. The van der Waals surface area contributed by atoms with Gasteiger partial charge in [0.2, 0.25) is 0 Å². The molecule has 0 spiro atoms. The number of hydrogen-bond donors (Lipinski definition) is 1. The lowest BCUT2D eigenvalue weighted by atomic mass is 9.85. The first-order valence-electron chi connectivity index (χ1n) is 6.58. The molecule has 2 saturated carbocycles. The number of aromatic nitrogens is 2. The van der Waals surface area contributed by atoms with E-state index in [1.54, 1.807) is 0 Å². The number of nitrogens with zero attached hydrogens (tertiary/aromatic N) is 3. The molecule has 1 heterocycles. The van der Waals surface area contributed by atoms with Gasteiger partial charge in [-0.2, -0.15) is 0 Å². The predicted molar refractivity (Wildman–Crippen MR) is 69.0 cm³/mol. The van der Waals surface area contributed by atoms with Gasteiger partial charge in [0.15, 0.2) is 0 Å². The zero-order valence-electron chi connectivity index (χ0n) is 10.4. The third-order valence-corrected chi connectivity index (χ3v) is 3.84. The molecule has 0 aliphatic heterocycles. The molecular weight excluding hydrogens is 212 g/mol. The molecule has 1 aromatic rings. The van der Waals surface area contributed by atoms with Gasteiger partial charge < -0.3 is 10.6 Å². The van der Waals surface area contributed by atoms with Gasteiger partial charge in [0.1, 0.15) is 17.5 Å². The van der Waals surface area contributed by atoms with Crippen LogP contribution in [0.5, 0.6) is 0 Å². The molecular formula is C13H20N4. The van der Waals surface area contributed by atoms with Crippen LogP contribution in [0.15, 0.2) is 6.07 Å². The molecule has 2 aliphatic carbocycles. The van der Waals surface area contributed by atoms with Crippen LogP contribution in [-0.2, 0) is 0 Å². The summed E-state index contributed by atoms with van der Waals surface area (Å²) in [7, 11) is 2.11. The summed E-state index contributed by atoms with van der Waals surface area (Å²) in [5.74, 6) is 3.96. The Morgan fingerprint density at radius 2 is 2.06 bits per heavy atom. The molecule has 0 unspecified atom stereocenters. The zero-order chi connectivity index (χ0) is 11.8. The van der Waals surface area contributed by atoms with Crippen molar-refractivity contribution in [3.05, 3.63) is 11.9 Å². The van der Waals surface area contributed by atoms with Crippen molar-refractivity contribution in [2.75, 3.05) is 24.2 Å². The second-order valence-electron chi connectivity index (χ2n) is 5.46. The van der Waals surface area contributed by atoms with Gasteiger partial charge in [0.25, 0.3) is 0 Å². The van der Waals surface area contributed by atoms with Crippen molar-refractivity contribution in [2.24, 2.45) is 5.92 Å². The van der Waals surface area contributed by atoms with Gasteiger partial charge in [-0.25, -0.2) is 9.97 Å². The second kappa shape index (κ2) is 4.17. The highest BCUT2D eigenvalue weighted by Gasteiger charge is 2.28. The topological polar surface area (TPSA) is 55.0 Å². The molecule has 0 bridgehead atoms. The molecule has 2 N–H and O–H groups in total. The minimum atomic E-state index is 0.564. The molecule has 0 aromatic carbocycles. The molecule has 0 atom stereocenters. The van der Waals surface area contributed by atoms with Crippen molar-refractivity contribution in [1.29, 1.82) is 0 Å². The zero-order valence-corrected chi connectivity index (χ0v) is 10.4. The second-order valence-corrected chi connectivity index (χ2v) is 5.46. The Bertz CT molecular complexity index is 410. The van der Waals surface area contributed by atoms with E-state index in [-0.39, 0.29) is 0 Å². The summed E-state index contributed by atoms with van der Waals surface area (Å²) in [6.45, 7) is 1.10. The SMILES string of the molecule is CN(CC1CCC1)c1cc(N)nc(C2CC2)n1. The minimum absolute atomic E-state index is 0.564. The molecule has 2 fully saturated rings. The van der Waals surface area contributed by atoms with Gasteiger partial charge in [-0.15, -0.1) is 0 Å². The molecule has 0 saturated heterocycles. The standard InChI is InChI=1S/C13H20N4/c1-17(8-9-3-2-4-9)12-7-11(14)15-13(16-12)10-5-6-10/h7,9-10H,2-6,8H2,1H3,(H2,14,15,16). The summed E-state index contributed by atoms with van der Waals surface area (Å²) < 4.78 is 0. The fourth-order valence-electron chi connectivity index (χ4n) is 2.35. The van der Waals surface area contributed by atoms with Crippen LogP contribution < -0.4 is 10.6 Å². The Morgan fingerprint density at radius 3 is 2.65 bits per heavy atom. The van der Waals surface area contributed by atoms with E-state index >= 15 is 0 Å². The van der Waals surface area contributed by atoms with E-state index in [9.17, 15) is 0 Å². The molecule has 17 heavy (non-hydrogen) atoms. The Kier molecular flexibility index (Phi) is 2.65. The average Bonchev–Trinajstić information content (AvgIpc) is 3.05. The van der Waals surface area contributed by atoms with E-state index in [0.29, 0.717) is 11.7 Å².